The topological polar surface area (TPSA) is 74.6 Å². The monoisotopic (exact) mass is 344 g/mol. The molecule has 2 aromatic carbocycles. The van der Waals surface area contributed by atoms with Crippen molar-refractivity contribution in [2.24, 2.45) is 0 Å². The molecule has 0 bridgehead atoms. The Labute approximate surface area is 149 Å². The van der Waals surface area contributed by atoms with E-state index in [1.165, 1.54) is 5.39 Å². The van der Waals surface area contributed by atoms with Gasteiger partial charge in [-0.1, -0.05) is 49.2 Å². The second-order valence-electron chi connectivity index (χ2n) is 6.05. The van der Waals surface area contributed by atoms with Crippen LogP contribution in [0.3, 0.4) is 0 Å². The molecule has 0 atom stereocenters. The Kier molecular flexibility index (Phi) is 10.4. The maximum Gasteiger partial charge on any atom is 0.162 e. The average Bonchev–Trinajstić information content (AvgIpc) is 2.64. The van der Waals surface area contributed by atoms with Gasteiger partial charge >= 0.3 is 0 Å². The largest absolute Gasteiger partial charge is 0.394 e. The third-order valence-electron chi connectivity index (χ3n) is 3.85. The number of aliphatic hydroxyl groups is 2. The highest BCUT2D eigenvalue weighted by molar-refractivity contribution is 5.99. The van der Waals surface area contributed by atoms with Gasteiger partial charge in [-0.3, -0.25) is 4.79 Å². The summed E-state index contributed by atoms with van der Waals surface area (Å²) in [5.74, 6) is 0.467. The van der Waals surface area contributed by atoms with E-state index < -0.39 is 0 Å². The van der Waals surface area contributed by atoms with Crippen LogP contribution < -0.4 is 0 Å². The third-order valence-corrected chi connectivity index (χ3v) is 3.85. The van der Waals surface area contributed by atoms with E-state index in [0.29, 0.717) is 12.8 Å². The molecule has 0 spiro atoms. The summed E-state index contributed by atoms with van der Waals surface area (Å²) in [5.41, 5.74) is 0.803. The Balaban J connectivity index is 0.000000705. The molecule has 0 amide bonds. The van der Waals surface area contributed by atoms with Crippen molar-refractivity contribution < 1.29 is 19.8 Å². The number of fused-ring (bicyclic) bond motifs is 1. The first-order valence-electron chi connectivity index (χ1n) is 8.81. The minimum absolute atomic E-state index is 0.125. The smallest absolute Gasteiger partial charge is 0.162 e. The third kappa shape index (κ3) is 8.57. The SMILES string of the molecule is CC(=O)CCCCCCC(=O)c1ccc2ccccc2c1.OCCO. The van der Waals surface area contributed by atoms with Crippen LogP contribution in [-0.4, -0.2) is 35.0 Å². The first kappa shape index (κ1) is 21.0. The summed E-state index contributed by atoms with van der Waals surface area (Å²) < 4.78 is 0. The summed E-state index contributed by atoms with van der Waals surface area (Å²) in [6.07, 6.45) is 5.16. The van der Waals surface area contributed by atoms with Gasteiger partial charge < -0.3 is 15.0 Å². The fraction of sp³-hybridized carbons (Fsp3) is 0.429. The molecule has 136 valence electrons. The van der Waals surface area contributed by atoms with Gasteiger partial charge in [0.05, 0.1) is 13.2 Å². The van der Waals surface area contributed by atoms with Crippen LogP contribution in [0.15, 0.2) is 42.5 Å². The zero-order chi connectivity index (χ0) is 18.5. The van der Waals surface area contributed by atoms with E-state index in [0.717, 1.165) is 36.6 Å². The summed E-state index contributed by atoms with van der Waals surface area (Å²) in [7, 11) is 0. The molecule has 0 heterocycles. The summed E-state index contributed by atoms with van der Waals surface area (Å²) in [6.45, 7) is 1.38. The number of carbonyl (C=O) groups excluding carboxylic acids is 2. The van der Waals surface area contributed by atoms with Crippen LogP contribution in [0.25, 0.3) is 10.8 Å². The maximum atomic E-state index is 12.2. The second-order valence-corrected chi connectivity index (χ2v) is 6.05. The number of aliphatic hydroxyl groups excluding tert-OH is 2. The molecular formula is C21H28O4. The predicted molar refractivity (Wildman–Crippen MR) is 101 cm³/mol. The molecule has 0 aliphatic carbocycles. The van der Waals surface area contributed by atoms with Gasteiger partial charge in [0.25, 0.3) is 0 Å². The Hall–Kier alpha value is -2.04. The van der Waals surface area contributed by atoms with Gasteiger partial charge in [-0.05, 0) is 36.6 Å². The van der Waals surface area contributed by atoms with E-state index in [2.05, 4.69) is 6.07 Å². The van der Waals surface area contributed by atoms with Crippen LogP contribution in [0.1, 0.15) is 55.8 Å². The molecule has 2 N–H and O–H groups in total. The van der Waals surface area contributed by atoms with Gasteiger partial charge in [-0.25, -0.2) is 0 Å². The molecule has 0 fully saturated rings. The summed E-state index contributed by atoms with van der Waals surface area (Å²) in [5, 5.41) is 17.5. The zero-order valence-corrected chi connectivity index (χ0v) is 14.9. The minimum atomic E-state index is -0.125. The lowest BCUT2D eigenvalue weighted by Crippen LogP contribution is -1.99. The molecule has 4 heteroatoms. The van der Waals surface area contributed by atoms with Gasteiger partial charge in [0.15, 0.2) is 5.78 Å². The maximum absolute atomic E-state index is 12.2. The van der Waals surface area contributed by atoms with Gasteiger partial charge in [-0.2, -0.15) is 0 Å². The van der Waals surface area contributed by atoms with Crippen LogP contribution in [-0.2, 0) is 4.79 Å². The van der Waals surface area contributed by atoms with Crippen LogP contribution in [0, 0.1) is 0 Å². The Morgan fingerprint density at radius 3 is 2.00 bits per heavy atom. The van der Waals surface area contributed by atoms with E-state index in [9.17, 15) is 9.59 Å². The number of unbranched alkanes of at least 4 members (excludes halogenated alkanes) is 3. The molecular weight excluding hydrogens is 316 g/mol. The number of benzene rings is 2. The number of ketones is 2. The summed E-state index contributed by atoms with van der Waals surface area (Å²) in [4.78, 5) is 23.0. The number of Topliss-reactive ketones (excluding diaryl/α,β-unsaturated/α-hetero) is 2. The Morgan fingerprint density at radius 1 is 0.800 bits per heavy atom. The highest BCUT2D eigenvalue weighted by atomic mass is 16.3. The van der Waals surface area contributed by atoms with Crippen molar-refractivity contribution >= 4 is 22.3 Å². The standard InChI is InChI=1S/C19H22O2.C2H6O2/c1-15(20)8-4-2-3-5-11-19(21)18-13-12-16-9-6-7-10-17(16)14-18;3-1-2-4/h6-7,9-10,12-14H,2-5,8,11H2,1H3;3-4H,1-2H2. The number of carbonyl (C=O) groups is 2. The molecule has 4 nitrogen and oxygen atoms in total. The number of hydrogen-bond donors (Lipinski definition) is 2. The molecule has 0 radical (unpaired) electrons. The molecule has 2 aromatic rings. The highest BCUT2D eigenvalue weighted by Crippen LogP contribution is 2.17. The fourth-order valence-electron chi connectivity index (χ4n) is 2.52. The molecule has 0 aliphatic heterocycles. The van der Waals surface area contributed by atoms with Crippen molar-refractivity contribution in [3.63, 3.8) is 0 Å². The molecule has 0 saturated heterocycles. The highest BCUT2D eigenvalue weighted by Gasteiger charge is 2.06. The molecule has 0 aliphatic rings. The molecule has 25 heavy (non-hydrogen) atoms. The average molecular weight is 344 g/mol. The Bertz CT molecular complexity index is 662. The second kappa shape index (κ2) is 12.3. The lowest BCUT2D eigenvalue weighted by Gasteiger charge is -2.04. The van der Waals surface area contributed by atoms with Crippen molar-refractivity contribution in [3.05, 3.63) is 48.0 Å². The van der Waals surface area contributed by atoms with Crippen molar-refractivity contribution in [3.8, 4) is 0 Å². The zero-order valence-electron chi connectivity index (χ0n) is 14.9. The van der Waals surface area contributed by atoms with E-state index in [1.807, 2.05) is 36.4 Å². The Morgan fingerprint density at radius 2 is 1.40 bits per heavy atom. The quantitative estimate of drug-likeness (QED) is 0.534. The number of rotatable bonds is 9. The van der Waals surface area contributed by atoms with Gasteiger partial charge in [0.2, 0.25) is 0 Å². The minimum Gasteiger partial charge on any atom is -0.394 e. The molecule has 0 aromatic heterocycles. The lowest BCUT2D eigenvalue weighted by atomic mass is 10.0. The van der Waals surface area contributed by atoms with Crippen molar-refractivity contribution in [2.45, 2.75) is 45.4 Å². The van der Waals surface area contributed by atoms with Crippen molar-refractivity contribution in [2.75, 3.05) is 13.2 Å². The summed E-state index contributed by atoms with van der Waals surface area (Å²) >= 11 is 0. The van der Waals surface area contributed by atoms with E-state index >= 15 is 0 Å². The first-order valence-corrected chi connectivity index (χ1v) is 8.81. The van der Waals surface area contributed by atoms with E-state index in [4.69, 9.17) is 10.2 Å². The van der Waals surface area contributed by atoms with Crippen LogP contribution in [0.5, 0.6) is 0 Å². The van der Waals surface area contributed by atoms with Gasteiger partial charge in [0, 0.05) is 18.4 Å². The van der Waals surface area contributed by atoms with Crippen molar-refractivity contribution in [1.82, 2.24) is 0 Å². The first-order chi connectivity index (χ1) is 12.1. The summed E-state index contributed by atoms with van der Waals surface area (Å²) in [6, 6.07) is 14.0. The lowest BCUT2D eigenvalue weighted by molar-refractivity contribution is -0.117. The predicted octanol–water partition coefficient (Wildman–Crippen LogP) is 3.92. The van der Waals surface area contributed by atoms with Crippen LogP contribution >= 0.6 is 0 Å². The van der Waals surface area contributed by atoms with Gasteiger partial charge in [0.1, 0.15) is 5.78 Å². The van der Waals surface area contributed by atoms with Crippen molar-refractivity contribution in [1.29, 1.82) is 0 Å². The van der Waals surface area contributed by atoms with E-state index in [-0.39, 0.29) is 24.8 Å². The fourth-order valence-corrected chi connectivity index (χ4v) is 2.52. The van der Waals surface area contributed by atoms with Gasteiger partial charge in [-0.15, -0.1) is 0 Å². The normalized spacial score (nSPS) is 10.2. The molecule has 2 rings (SSSR count). The molecule has 0 unspecified atom stereocenters. The molecule has 0 saturated carbocycles. The number of hydrogen-bond acceptors (Lipinski definition) is 4. The van der Waals surface area contributed by atoms with Crippen LogP contribution in [0.4, 0.5) is 0 Å². The van der Waals surface area contributed by atoms with E-state index in [1.54, 1.807) is 6.92 Å². The van der Waals surface area contributed by atoms with Crippen LogP contribution in [0.2, 0.25) is 0 Å².